The molecule has 1 amide bonds. The standard InChI is InChI=1S/C20H25N5O4S/c1-11(2)13-9-16(29-10-13)12(3)21-18-19(24-30(28)23-18)22-15-8-6-7-14(17(15)26)20(27)25(4)5/h6-12,26H,1-5H3,(H,21,23)(H,22,24)/t12-,30?/m1/s1. The van der Waals surface area contributed by atoms with Gasteiger partial charge in [-0.1, -0.05) is 19.9 Å². The van der Waals surface area contributed by atoms with E-state index < -0.39 is 11.2 Å². The second-order valence-corrected chi connectivity index (χ2v) is 8.27. The molecule has 0 fully saturated rings. The normalized spacial score (nSPS) is 16.8. The summed E-state index contributed by atoms with van der Waals surface area (Å²) >= 11 is -1.80. The van der Waals surface area contributed by atoms with Gasteiger partial charge in [0.15, 0.2) is 17.4 Å². The largest absolute Gasteiger partial charge is 0.505 e. The molecule has 1 aromatic carbocycles. The SMILES string of the molecule is CC(C)c1coc([C@@H](C)NC2=NS(=O)N=C2Nc2cccc(C(=O)N(C)C)c2O)c1. The van der Waals surface area contributed by atoms with E-state index in [1.54, 1.807) is 32.5 Å². The van der Waals surface area contributed by atoms with E-state index in [4.69, 9.17) is 4.42 Å². The lowest BCUT2D eigenvalue weighted by atomic mass is 10.1. The minimum Gasteiger partial charge on any atom is -0.505 e. The monoisotopic (exact) mass is 431 g/mol. The van der Waals surface area contributed by atoms with Crippen LogP contribution >= 0.6 is 0 Å². The van der Waals surface area contributed by atoms with Gasteiger partial charge in [0.1, 0.15) is 5.76 Å². The average molecular weight is 432 g/mol. The smallest absolute Gasteiger partial charge is 0.269 e. The number of amidine groups is 2. The quantitative estimate of drug-likeness (QED) is 0.626. The first-order chi connectivity index (χ1) is 14.2. The summed E-state index contributed by atoms with van der Waals surface area (Å²) in [5.41, 5.74) is 1.47. The van der Waals surface area contributed by atoms with Crippen molar-refractivity contribution in [3.8, 4) is 5.75 Å². The molecule has 9 nitrogen and oxygen atoms in total. The van der Waals surface area contributed by atoms with Gasteiger partial charge in [-0.2, -0.15) is 0 Å². The number of hydrogen-bond donors (Lipinski definition) is 3. The van der Waals surface area contributed by atoms with Crippen LogP contribution in [0.3, 0.4) is 0 Å². The van der Waals surface area contributed by atoms with E-state index in [-0.39, 0.29) is 40.6 Å². The number of carbonyl (C=O) groups is 1. The molecule has 0 spiro atoms. The Bertz CT molecular complexity index is 1040. The fourth-order valence-electron chi connectivity index (χ4n) is 2.80. The van der Waals surface area contributed by atoms with Crippen LogP contribution in [-0.2, 0) is 11.2 Å². The van der Waals surface area contributed by atoms with Crippen LogP contribution in [0.5, 0.6) is 5.75 Å². The molecule has 2 heterocycles. The number of phenols is 1. The average Bonchev–Trinajstić information content (AvgIpc) is 3.30. The van der Waals surface area contributed by atoms with Gasteiger partial charge in [0.2, 0.25) is 0 Å². The van der Waals surface area contributed by atoms with Crippen molar-refractivity contribution < 1.29 is 18.5 Å². The van der Waals surface area contributed by atoms with Crippen LogP contribution < -0.4 is 10.6 Å². The van der Waals surface area contributed by atoms with Crippen molar-refractivity contribution in [3.05, 3.63) is 47.4 Å². The lowest BCUT2D eigenvalue weighted by Gasteiger charge is -2.16. The van der Waals surface area contributed by atoms with Gasteiger partial charge in [0.05, 0.1) is 23.6 Å². The number of phenolic OH excluding ortho intramolecular Hbond substituents is 1. The lowest BCUT2D eigenvalue weighted by molar-refractivity contribution is 0.0824. The zero-order chi connectivity index (χ0) is 22.0. The Morgan fingerprint density at radius 2 is 1.90 bits per heavy atom. The van der Waals surface area contributed by atoms with Gasteiger partial charge in [-0.05, 0) is 36.6 Å². The molecule has 1 aliphatic rings. The maximum atomic E-state index is 12.2. The van der Waals surface area contributed by atoms with E-state index in [1.165, 1.54) is 11.0 Å². The first-order valence-electron chi connectivity index (χ1n) is 9.42. The molecule has 160 valence electrons. The van der Waals surface area contributed by atoms with Crippen molar-refractivity contribution in [1.82, 2.24) is 10.2 Å². The first-order valence-corrected chi connectivity index (χ1v) is 10.5. The highest BCUT2D eigenvalue weighted by Gasteiger charge is 2.24. The number of benzene rings is 1. The number of furan rings is 1. The number of rotatable bonds is 5. The molecule has 1 unspecified atom stereocenters. The highest BCUT2D eigenvalue weighted by Crippen LogP contribution is 2.29. The molecule has 1 aromatic heterocycles. The number of carbonyl (C=O) groups excluding carboxylic acids is 1. The summed E-state index contributed by atoms with van der Waals surface area (Å²) < 4.78 is 25.5. The molecule has 0 saturated carbocycles. The van der Waals surface area contributed by atoms with Crippen molar-refractivity contribution in [2.75, 3.05) is 19.4 Å². The second kappa shape index (κ2) is 8.70. The number of anilines is 1. The van der Waals surface area contributed by atoms with Crippen LogP contribution in [0.25, 0.3) is 0 Å². The summed E-state index contributed by atoms with van der Waals surface area (Å²) in [6, 6.07) is 6.45. The lowest BCUT2D eigenvalue weighted by Crippen LogP contribution is -2.35. The summed E-state index contributed by atoms with van der Waals surface area (Å²) in [5.74, 6) is 0.946. The molecule has 0 saturated heterocycles. The van der Waals surface area contributed by atoms with Crippen molar-refractivity contribution in [2.45, 2.75) is 32.7 Å². The number of para-hydroxylation sites is 1. The van der Waals surface area contributed by atoms with E-state index in [2.05, 4.69) is 33.3 Å². The zero-order valence-electron chi connectivity index (χ0n) is 17.5. The van der Waals surface area contributed by atoms with Crippen molar-refractivity contribution in [3.63, 3.8) is 0 Å². The second-order valence-electron chi connectivity index (χ2n) is 7.44. The van der Waals surface area contributed by atoms with E-state index in [0.717, 1.165) is 5.56 Å². The van der Waals surface area contributed by atoms with Crippen LogP contribution in [-0.4, -0.2) is 45.9 Å². The maximum absolute atomic E-state index is 12.2. The molecular formula is C20H25N5O4S. The topological polar surface area (TPSA) is 120 Å². The van der Waals surface area contributed by atoms with E-state index in [9.17, 15) is 14.1 Å². The first kappa shape index (κ1) is 21.6. The van der Waals surface area contributed by atoms with Crippen LogP contribution in [0, 0.1) is 0 Å². The van der Waals surface area contributed by atoms with Gasteiger partial charge in [-0.15, -0.1) is 8.80 Å². The Kier molecular flexibility index (Phi) is 6.25. The fourth-order valence-corrected chi connectivity index (χ4v) is 3.42. The third-order valence-corrected chi connectivity index (χ3v) is 5.25. The zero-order valence-corrected chi connectivity index (χ0v) is 18.3. The molecule has 30 heavy (non-hydrogen) atoms. The molecule has 3 rings (SSSR count). The molecule has 3 N–H and O–H groups in total. The predicted octanol–water partition coefficient (Wildman–Crippen LogP) is 2.96. The summed E-state index contributed by atoms with van der Waals surface area (Å²) in [6.45, 7) is 6.04. The predicted molar refractivity (Wildman–Crippen MR) is 117 cm³/mol. The van der Waals surface area contributed by atoms with Crippen molar-refractivity contribution >= 4 is 34.4 Å². The number of amides is 1. The van der Waals surface area contributed by atoms with Gasteiger partial charge in [-0.3, -0.25) is 4.79 Å². The fraction of sp³-hybridized carbons (Fsp3) is 0.350. The Labute approximate surface area is 177 Å². The molecule has 2 atom stereocenters. The van der Waals surface area contributed by atoms with E-state index in [0.29, 0.717) is 11.7 Å². The molecule has 0 bridgehead atoms. The van der Waals surface area contributed by atoms with Crippen LogP contribution in [0.4, 0.5) is 5.69 Å². The molecule has 1 aliphatic heterocycles. The number of hydrogen-bond acceptors (Lipinski definition) is 6. The van der Waals surface area contributed by atoms with Crippen LogP contribution in [0.1, 0.15) is 54.4 Å². The maximum Gasteiger partial charge on any atom is 0.269 e. The molecule has 10 heteroatoms. The van der Waals surface area contributed by atoms with E-state index >= 15 is 0 Å². The molecule has 0 radical (unpaired) electrons. The third-order valence-electron chi connectivity index (χ3n) is 4.58. The molecule has 0 aliphatic carbocycles. The minimum atomic E-state index is -1.80. The Hall–Kier alpha value is -3.14. The highest BCUT2D eigenvalue weighted by molar-refractivity contribution is 7.83. The van der Waals surface area contributed by atoms with Crippen LogP contribution in [0.2, 0.25) is 0 Å². The number of aromatic hydroxyl groups is 1. The van der Waals surface area contributed by atoms with Gasteiger partial charge >= 0.3 is 0 Å². The van der Waals surface area contributed by atoms with E-state index in [1.807, 2.05) is 13.0 Å². The van der Waals surface area contributed by atoms with Gasteiger partial charge in [0, 0.05) is 14.1 Å². The van der Waals surface area contributed by atoms with Gasteiger partial charge in [0.25, 0.3) is 17.1 Å². The van der Waals surface area contributed by atoms with Gasteiger partial charge < -0.3 is 25.1 Å². The van der Waals surface area contributed by atoms with Gasteiger partial charge in [-0.25, -0.2) is 4.21 Å². The minimum absolute atomic E-state index is 0.140. The summed E-state index contributed by atoms with van der Waals surface area (Å²) in [5, 5.41) is 16.6. The Balaban J connectivity index is 1.79. The molecular weight excluding hydrogens is 406 g/mol. The number of nitrogens with zero attached hydrogens (tertiary/aromatic N) is 3. The van der Waals surface area contributed by atoms with Crippen molar-refractivity contribution in [1.29, 1.82) is 0 Å². The van der Waals surface area contributed by atoms with Crippen LogP contribution in [0.15, 0.2) is 43.7 Å². The summed E-state index contributed by atoms with van der Waals surface area (Å²) in [4.78, 5) is 13.6. The number of nitrogens with one attached hydrogen (secondary N) is 2. The summed E-state index contributed by atoms with van der Waals surface area (Å²) in [6.07, 6.45) is 1.71. The molecule has 2 aromatic rings. The van der Waals surface area contributed by atoms with Crippen molar-refractivity contribution in [2.24, 2.45) is 8.80 Å². The third kappa shape index (κ3) is 4.54. The Morgan fingerprint density at radius 1 is 1.20 bits per heavy atom. The Morgan fingerprint density at radius 3 is 2.53 bits per heavy atom. The summed E-state index contributed by atoms with van der Waals surface area (Å²) in [7, 11) is 3.20. The highest BCUT2D eigenvalue weighted by atomic mass is 32.2.